The van der Waals surface area contributed by atoms with E-state index in [-0.39, 0.29) is 24.5 Å². The number of hydrogen-bond donors (Lipinski definition) is 2. The summed E-state index contributed by atoms with van der Waals surface area (Å²) in [6, 6.07) is 7.42. The number of Topliss-reactive ketones (excluding diaryl/α,β-unsaturated/α-hetero) is 1. The second-order valence-corrected chi connectivity index (χ2v) is 8.04. The van der Waals surface area contributed by atoms with Gasteiger partial charge in [-0.05, 0) is 49.4 Å². The smallest absolute Gasteiger partial charge is 0.248 e. The number of H-pyrrole nitrogens is 1. The van der Waals surface area contributed by atoms with Crippen molar-refractivity contribution in [1.29, 1.82) is 0 Å². The summed E-state index contributed by atoms with van der Waals surface area (Å²) in [6.45, 7) is 2.17. The van der Waals surface area contributed by atoms with Gasteiger partial charge in [-0.2, -0.15) is 0 Å². The Morgan fingerprint density at radius 1 is 1.28 bits per heavy atom. The number of allylic oxidation sites excluding steroid dienone is 2. The largest absolute Gasteiger partial charge is 0.469 e. The fourth-order valence-electron chi connectivity index (χ4n) is 4.56. The Bertz CT molecular complexity index is 1020. The number of nitrogens with zero attached hydrogens (tertiary/aromatic N) is 1. The van der Waals surface area contributed by atoms with Gasteiger partial charge in [0.05, 0.1) is 6.10 Å². The zero-order valence-corrected chi connectivity index (χ0v) is 16.0. The highest BCUT2D eigenvalue weighted by Gasteiger charge is 2.39. The molecule has 1 unspecified atom stereocenters. The van der Waals surface area contributed by atoms with Gasteiger partial charge in [-0.3, -0.25) is 9.69 Å². The van der Waals surface area contributed by atoms with E-state index in [0.29, 0.717) is 31.0 Å². The number of anilines is 2. The molecule has 152 valence electrons. The van der Waals surface area contributed by atoms with Crippen molar-refractivity contribution in [2.24, 2.45) is 5.92 Å². The highest BCUT2D eigenvalue weighted by molar-refractivity contribution is 6.39. The summed E-state index contributed by atoms with van der Waals surface area (Å²) in [5.41, 5.74) is 3.84. The summed E-state index contributed by atoms with van der Waals surface area (Å²) in [6.07, 6.45) is 1.22. The van der Waals surface area contributed by atoms with E-state index in [4.69, 9.17) is 4.74 Å². The van der Waals surface area contributed by atoms with Crippen LogP contribution in [0.4, 0.5) is 20.3 Å². The summed E-state index contributed by atoms with van der Waals surface area (Å²) in [5.74, 6) is -1.38. The van der Waals surface area contributed by atoms with Crippen LogP contribution in [0.5, 0.6) is 5.75 Å². The highest BCUT2D eigenvalue weighted by atomic mass is 19.3. The molecule has 1 aliphatic heterocycles. The average molecular weight is 400 g/mol. The average Bonchev–Trinajstić information content (AvgIpc) is 3.28. The van der Waals surface area contributed by atoms with Gasteiger partial charge in [-0.25, -0.2) is 8.78 Å². The SMILES string of the molecule is C/C=C1/C(=O)c2ccc(N3COc4cc(C(O)C5CCC(F)(F)CC5)[nH]c43)cc21. The molecule has 0 bridgehead atoms. The van der Waals surface area contributed by atoms with Gasteiger partial charge in [-0.1, -0.05) is 6.08 Å². The van der Waals surface area contributed by atoms with Gasteiger partial charge in [0, 0.05) is 41.4 Å². The molecule has 29 heavy (non-hydrogen) atoms. The quantitative estimate of drug-likeness (QED) is 0.715. The molecule has 1 saturated carbocycles. The molecule has 2 N–H and O–H groups in total. The van der Waals surface area contributed by atoms with Gasteiger partial charge in [0.2, 0.25) is 5.92 Å². The van der Waals surface area contributed by atoms with Gasteiger partial charge >= 0.3 is 0 Å². The topological polar surface area (TPSA) is 65.6 Å². The number of ketones is 1. The molecule has 1 aromatic heterocycles. The Labute approximate surface area is 167 Å². The van der Waals surface area contributed by atoms with Gasteiger partial charge in [-0.15, -0.1) is 0 Å². The molecule has 0 amide bonds. The number of nitrogens with one attached hydrogen (secondary N) is 1. The summed E-state index contributed by atoms with van der Waals surface area (Å²) in [7, 11) is 0. The van der Waals surface area contributed by atoms with Crippen molar-refractivity contribution in [3.63, 3.8) is 0 Å². The highest BCUT2D eigenvalue weighted by Crippen LogP contribution is 2.46. The zero-order chi connectivity index (χ0) is 20.3. The standard InChI is InChI=1S/C22H22F2N2O3/c1-2-14-16-9-13(3-4-15(16)20(14)28)26-11-29-18-10-17(25-21(18)26)19(27)12-5-7-22(23,24)8-6-12/h2-4,9-10,12,19,25,27H,5-8,11H2,1H3/b14-2+. The fourth-order valence-corrected chi connectivity index (χ4v) is 4.56. The lowest BCUT2D eigenvalue weighted by Gasteiger charge is -2.31. The second-order valence-electron chi connectivity index (χ2n) is 8.04. The number of carbonyl (C=O) groups is 1. The number of aromatic nitrogens is 1. The number of fused-ring (bicyclic) bond motifs is 2. The maximum absolute atomic E-state index is 13.4. The number of benzene rings is 1. The van der Waals surface area contributed by atoms with Crippen LogP contribution in [0, 0.1) is 5.92 Å². The molecule has 2 aliphatic carbocycles. The molecular weight excluding hydrogens is 378 g/mol. The lowest BCUT2D eigenvalue weighted by Crippen LogP contribution is -2.28. The summed E-state index contributed by atoms with van der Waals surface area (Å²) in [4.78, 5) is 17.2. The van der Waals surface area contributed by atoms with Crippen LogP contribution in [0.2, 0.25) is 0 Å². The maximum atomic E-state index is 13.4. The number of aromatic amines is 1. The number of alkyl halides is 2. The van der Waals surface area contributed by atoms with E-state index in [2.05, 4.69) is 4.98 Å². The minimum Gasteiger partial charge on any atom is -0.469 e. The molecular formula is C22H22F2N2O3. The van der Waals surface area contributed by atoms with Crippen LogP contribution in [0.1, 0.15) is 60.3 Å². The van der Waals surface area contributed by atoms with E-state index in [0.717, 1.165) is 28.2 Å². The lowest BCUT2D eigenvalue weighted by atomic mass is 9.81. The van der Waals surface area contributed by atoms with Crippen molar-refractivity contribution in [3.8, 4) is 5.75 Å². The predicted octanol–water partition coefficient (Wildman–Crippen LogP) is 4.96. The number of ether oxygens (including phenoxy) is 1. The Morgan fingerprint density at radius 3 is 2.76 bits per heavy atom. The first kappa shape index (κ1) is 18.4. The van der Waals surface area contributed by atoms with Gasteiger partial charge in [0.1, 0.15) is 0 Å². The molecule has 1 atom stereocenters. The van der Waals surface area contributed by atoms with E-state index in [1.807, 2.05) is 36.1 Å². The summed E-state index contributed by atoms with van der Waals surface area (Å²) in [5, 5.41) is 10.7. The number of aliphatic hydroxyl groups excluding tert-OH is 1. The van der Waals surface area contributed by atoms with Crippen molar-refractivity contribution < 1.29 is 23.4 Å². The molecule has 5 nitrogen and oxygen atoms in total. The first-order valence-corrected chi connectivity index (χ1v) is 9.92. The third kappa shape index (κ3) is 2.87. The van der Waals surface area contributed by atoms with E-state index >= 15 is 0 Å². The van der Waals surface area contributed by atoms with Crippen LogP contribution in [0.15, 0.2) is 30.3 Å². The fraction of sp³-hybridized carbons (Fsp3) is 0.409. The molecule has 2 aromatic rings. The molecule has 0 spiro atoms. The Kier molecular flexibility index (Phi) is 4.07. The van der Waals surface area contributed by atoms with Crippen molar-refractivity contribution in [1.82, 2.24) is 4.98 Å². The molecule has 1 aromatic carbocycles. The van der Waals surface area contributed by atoms with Crippen LogP contribution in [-0.2, 0) is 0 Å². The van der Waals surface area contributed by atoms with Crippen LogP contribution in [0.3, 0.4) is 0 Å². The third-order valence-electron chi connectivity index (χ3n) is 6.31. The molecule has 0 radical (unpaired) electrons. The minimum atomic E-state index is -2.62. The molecule has 1 fully saturated rings. The van der Waals surface area contributed by atoms with E-state index in [1.54, 1.807) is 6.07 Å². The number of hydrogen-bond acceptors (Lipinski definition) is 4. The second kappa shape index (κ2) is 6.42. The molecule has 7 heteroatoms. The molecule has 5 rings (SSSR count). The van der Waals surface area contributed by atoms with Gasteiger partial charge < -0.3 is 14.8 Å². The van der Waals surface area contributed by atoms with Crippen LogP contribution in [-0.4, -0.2) is 28.5 Å². The monoisotopic (exact) mass is 400 g/mol. The molecule has 3 aliphatic rings. The number of halogens is 2. The third-order valence-corrected chi connectivity index (χ3v) is 6.31. The van der Waals surface area contributed by atoms with Crippen LogP contribution >= 0.6 is 0 Å². The summed E-state index contributed by atoms with van der Waals surface area (Å²) >= 11 is 0. The first-order valence-electron chi connectivity index (χ1n) is 9.92. The Balaban J connectivity index is 1.38. The van der Waals surface area contributed by atoms with Gasteiger partial charge in [0.25, 0.3) is 0 Å². The van der Waals surface area contributed by atoms with Crippen LogP contribution in [0.25, 0.3) is 5.57 Å². The predicted molar refractivity (Wildman–Crippen MR) is 105 cm³/mol. The van der Waals surface area contributed by atoms with Crippen molar-refractivity contribution in [2.75, 3.05) is 11.6 Å². The molecule has 2 heterocycles. The number of carbonyl (C=O) groups excluding carboxylic acids is 1. The first-order chi connectivity index (χ1) is 13.9. The van der Waals surface area contributed by atoms with E-state index < -0.39 is 12.0 Å². The number of aliphatic hydroxyl groups is 1. The van der Waals surface area contributed by atoms with Crippen molar-refractivity contribution in [2.45, 2.75) is 44.6 Å². The maximum Gasteiger partial charge on any atom is 0.248 e. The van der Waals surface area contributed by atoms with E-state index in [1.165, 1.54) is 0 Å². The van der Waals surface area contributed by atoms with Gasteiger partial charge in [0.15, 0.2) is 24.1 Å². The van der Waals surface area contributed by atoms with Crippen molar-refractivity contribution in [3.05, 3.63) is 47.2 Å². The van der Waals surface area contributed by atoms with Crippen LogP contribution < -0.4 is 9.64 Å². The summed E-state index contributed by atoms with van der Waals surface area (Å²) < 4.78 is 32.6. The van der Waals surface area contributed by atoms with Crippen molar-refractivity contribution >= 4 is 22.9 Å². The van der Waals surface area contributed by atoms with E-state index in [9.17, 15) is 18.7 Å². The molecule has 0 saturated heterocycles. The zero-order valence-electron chi connectivity index (χ0n) is 16.0. The Morgan fingerprint density at radius 2 is 2.03 bits per heavy atom. The normalized spacial score (nSPS) is 22.8. The Hall–Kier alpha value is -2.67. The number of rotatable bonds is 3. The lowest BCUT2D eigenvalue weighted by molar-refractivity contribution is -0.0631. The minimum absolute atomic E-state index is 0.0655.